The molecule has 0 aromatic carbocycles. The van der Waals surface area contributed by atoms with Crippen LogP contribution < -0.4 is 21.3 Å². The number of carbonyl (C=O) groups excluding carboxylic acids is 2. The van der Waals surface area contributed by atoms with Gasteiger partial charge in [0.25, 0.3) is 0 Å². The molecule has 2 heterocycles. The molecule has 16 heteroatoms. The zero-order valence-corrected chi connectivity index (χ0v) is 13.6. The van der Waals surface area contributed by atoms with E-state index in [4.69, 9.17) is 9.47 Å². The van der Waals surface area contributed by atoms with Crippen molar-refractivity contribution in [3.63, 3.8) is 0 Å². The van der Waals surface area contributed by atoms with Gasteiger partial charge in [-0.2, -0.15) is 0 Å². The lowest BCUT2D eigenvalue weighted by Gasteiger charge is -2.08. The number of H-pyrrole nitrogens is 2. The summed E-state index contributed by atoms with van der Waals surface area (Å²) in [6.45, 7) is 1.96. The van der Waals surface area contributed by atoms with E-state index in [0.29, 0.717) is 39.5 Å². The maximum atomic E-state index is 11.4. The second-order valence-electron chi connectivity index (χ2n) is 4.49. The summed E-state index contributed by atoms with van der Waals surface area (Å²) >= 11 is 0. The Kier molecular flexibility index (Phi) is 8.16. The van der Waals surface area contributed by atoms with Crippen molar-refractivity contribution in [2.75, 3.05) is 50.2 Å². The van der Waals surface area contributed by atoms with Crippen molar-refractivity contribution in [2.24, 2.45) is 0 Å². The van der Waals surface area contributed by atoms with Crippen molar-refractivity contribution < 1.29 is 19.1 Å². The molecule has 0 fully saturated rings. The highest BCUT2D eigenvalue weighted by Crippen LogP contribution is 1.89. The van der Waals surface area contributed by atoms with Gasteiger partial charge in [0.05, 0.1) is 26.4 Å². The molecule has 0 saturated carbocycles. The summed E-state index contributed by atoms with van der Waals surface area (Å²) in [5.41, 5.74) is 0. The van der Waals surface area contributed by atoms with Gasteiger partial charge in [0.1, 0.15) is 0 Å². The van der Waals surface area contributed by atoms with E-state index >= 15 is 0 Å². The van der Waals surface area contributed by atoms with Gasteiger partial charge in [0.15, 0.2) is 0 Å². The van der Waals surface area contributed by atoms with E-state index in [1.165, 1.54) is 0 Å². The highest BCUT2D eigenvalue weighted by Gasteiger charge is 2.04. The number of tetrazole rings is 2. The number of carbonyl (C=O) groups is 2. The lowest BCUT2D eigenvalue weighted by molar-refractivity contribution is 0.0512. The number of anilines is 2. The molecule has 4 amide bonds. The summed E-state index contributed by atoms with van der Waals surface area (Å²) in [7, 11) is 0. The van der Waals surface area contributed by atoms with Gasteiger partial charge in [-0.05, 0) is 20.9 Å². The number of ether oxygens (including phenoxy) is 2. The summed E-state index contributed by atoms with van der Waals surface area (Å²) in [5, 5.41) is 35.0. The molecular weight excluding hydrogens is 352 g/mol. The lowest BCUT2D eigenvalue weighted by Crippen LogP contribution is -2.32. The molecule has 0 bridgehead atoms. The summed E-state index contributed by atoms with van der Waals surface area (Å²) in [5.74, 6) is 0.299. The van der Waals surface area contributed by atoms with Crippen molar-refractivity contribution in [3.8, 4) is 0 Å². The second kappa shape index (κ2) is 11.2. The molecule has 26 heavy (non-hydrogen) atoms. The van der Waals surface area contributed by atoms with E-state index in [2.05, 4.69) is 62.5 Å². The molecule has 16 nitrogen and oxygen atoms in total. The Balaban J connectivity index is 1.34. The highest BCUT2D eigenvalue weighted by atomic mass is 16.5. The van der Waals surface area contributed by atoms with Crippen LogP contribution in [0.3, 0.4) is 0 Å². The number of urea groups is 2. The van der Waals surface area contributed by atoms with Crippen LogP contribution in [0.25, 0.3) is 0 Å². The molecule has 0 aliphatic rings. The molecule has 0 radical (unpaired) electrons. The molecule has 2 aromatic heterocycles. The van der Waals surface area contributed by atoms with Crippen molar-refractivity contribution in [2.45, 2.75) is 0 Å². The fourth-order valence-corrected chi connectivity index (χ4v) is 1.52. The van der Waals surface area contributed by atoms with E-state index in [0.717, 1.165) is 0 Å². The van der Waals surface area contributed by atoms with E-state index in [9.17, 15) is 9.59 Å². The van der Waals surface area contributed by atoms with Gasteiger partial charge in [-0.15, -0.1) is 0 Å². The number of amides is 4. The zero-order chi connectivity index (χ0) is 18.5. The van der Waals surface area contributed by atoms with Gasteiger partial charge < -0.3 is 20.1 Å². The van der Waals surface area contributed by atoms with Crippen LogP contribution >= 0.6 is 0 Å². The van der Waals surface area contributed by atoms with Gasteiger partial charge in [-0.1, -0.05) is 10.2 Å². The predicted molar refractivity (Wildman–Crippen MR) is 84.0 cm³/mol. The number of rotatable bonds is 11. The molecule has 2 rings (SSSR count). The van der Waals surface area contributed by atoms with E-state index in [1.807, 2.05) is 0 Å². The quantitative estimate of drug-likeness (QED) is 0.233. The minimum absolute atomic E-state index is 0.150. The maximum absolute atomic E-state index is 11.4. The normalized spacial score (nSPS) is 10.3. The first kappa shape index (κ1) is 18.9. The minimum atomic E-state index is -0.450. The van der Waals surface area contributed by atoms with Crippen LogP contribution in [0.1, 0.15) is 0 Å². The smallest absolute Gasteiger partial charge is 0.321 e. The van der Waals surface area contributed by atoms with Crippen LogP contribution in [-0.2, 0) is 9.47 Å². The van der Waals surface area contributed by atoms with Crippen molar-refractivity contribution in [3.05, 3.63) is 0 Å². The SMILES string of the molecule is O=C(NCCOCCOCCNC(=O)Nc1nnn[nH]1)Nc1nnn[nH]1. The van der Waals surface area contributed by atoms with Gasteiger partial charge in [-0.25, -0.2) is 19.8 Å². The first-order chi connectivity index (χ1) is 12.7. The zero-order valence-electron chi connectivity index (χ0n) is 13.6. The van der Waals surface area contributed by atoms with E-state index < -0.39 is 12.1 Å². The van der Waals surface area contributed by atoms with Crippen LogP contribution in [0.4, 0.5) is 21.5 Å². The Morgan fingerprint density at radius 2 is 1.23 bits per heavy atom. The highest BCUT2D eigenvalue weighted by molar-refractivity contribution is 5.87. The van der Waals surface area contributed by atoms with Gasteiger partial charge >= 0.3 is 12.1 Å². The van der Waals surface area contributed by atoms with E-state index in [1.54, 1.807) is 0 Å². The van der Waals surface area contributed by atoms with Crippen LogP contribution in [0.5, 0.6) is 0 Å². The molecule has 0 spiro atoms. The number of aromatic nitrogens is 8. The molecule has 0 unspecified atom stereocenters. The Morgan fingerprint density at radius 1 is 0.769 bits per heavy atom. The minimum Gasteiger partial charge on any atom is -0.377 e. The standard InChI is InChI=1S/C10H18N12O4/c23-9(13-7-15-19-20-16-7)11-1-3-25-5-6-26-4-2-12-10(24)14-8-17-21-22-18-8/h1-6H2,(H3,11,13,15,16,19,20,23)(H3,12,14,17,18,21,22,24). The summed E-state index contributed by atoms with van der Waals surface area (Å²) in [4.78, 5) is 22.8. The third-order valence-corrected chi connectivity index (χ3v) is 2.59. The fourth-order valence-electron chi connectivity index (χ4n) is 1.52. The molecule has 0 atom stereocenters. The average molecular weight is 370 g/mol. The largest absolute Gasteiger partial charge is 0.377 e. The Bertz CT molecular complexity index is 576. The van der Waals surface area contributed by atoms with Gasteiger partial charge in [0.2, 0.25) is 11.9 Å². The maximum Gasteiger partial charge on any atom is 0.321 e. The van der Waals surface area contributed by atoms with Crippen molar-refractivity contribution in [1.29, 1.82) is 0 Å². The Labute approximate surface area is 146 Å². The van der Waals surface area contributed by atoms with Crippen molar-refractivity contribution >= 4 is 24.0 Å². The van der Waals surface area contributed by atoms with Crippen LogP contribution in [0, 0.1) is 0 Å². The van der Waals surface area contributed by atoms with Crippen LogP contribution in [0.15, 0.2) is 0 Å². The molecule has 6 N–H and O–H groups in total. The number of nitrogens with zero attached hydrogens (tertiary/aromatic N) is 6. The predicted octanol–water partition coefficient (Wildman–Crippen LogP) is -2.31. The third-order valence-electron chi connectivity index (χ3n) is 2.59. The monoisotopic (exact) mass is 370 g/mol. The van der Waals surface area contributed by atoms with Gasteiger partial charge in [-0.3, -0.25) is 10.6 Å². The molecule has 2 aromatic rings. The molecule has 142 valence electrons. The van der Waals surface area contributed by atoms with Crippen LogP contribution in [0.2, 0.25) is 0 Å². The van der Waals surface area contributed by atoms with E-state index in [-0.39, 0.29) is 11.9 Å². The summed E-state index contributed by atoms with van der Waals surface area (Å²) < 4.78 is 10.6. The first-order valence-corrected chi connectivity index (χ1v) is 7.46. The Hall–Kier alpha value is -3.40. The number of hydrogen-bond acceptors (Lipinski definition) is 10. The average Bonchev–Trinajstić information content (AvgIpc) is 3.30. The lowest BCUT2D eigenvalue weighted by atomic mass is 10.6. The Morgan fingerprint density at radius 3 is 1.62 bits per heavy atom. The summed E-state index contributed by atoms with van der Waals surface area (Å²) in [6, 6.07) is -0.900. The summed E-state index contributed by atoms with van der Waals surface area (Å²) in [6.07, 6.45) is 0. The molecule has 0 aliphatic heterocycles. The molecule has 0 aliphatic carbocycles. The third kappa shape index (κ3) is 7.93. The van der Waals surface area contributed by atoms with Crippen LogP contribution in [-0.4, -0.2) is 92.8 Å². The molecular formula is C10H18N12O4. The number of aromatic amines is 2. The number of nitrogens with one attached hydrogen (secondary N) is 6. The fraction of sp³-hybridized carbons (Fsp3) is 0.600. The van der Waals surface area contributed by atoms with Crippen molar-refractivity contribution in [1.82, 2.24) is 51.9 Å². The topological polar surface area (TPSA) is 210 Å². The second-order valence-corrected chi connectivity index (χ2v) is 4.49. The number of hydrogen-bond donors (Lipinski definition) is 6. The molecule has 0 saturated heterocycles. The first-order valence-electron chi connectivity index (χ1n) is 7.46. The van der Waals surface area contributed by atoms with Gasteiger partial charge in [0, 0.05) is 13.1 Å².